The second-order valence-electron chi connectivity index (χ2n) is 6.41. The van der Waals surface area contributed by atoms with E-state index in [4.69, 9.17) is 4.74 Å². The minimum atomic E-state index is -0.869. The Hall–Kier alpha value is -2.96. The number of rotatable bonds is 7. The Morgan fingerprint density at radius 1 is 1.19 bits per heavy atom. The average Bonchev–Trinajstić information content (AvgIpc) is 2.88. The number of imide groups is 1. The average molecular weight is 372 g/mol. The van der Waals surface area contributed by atoms with Crippen LogP contribution in [0.2, 0.25) is 0 Å². The number of hydrogen-bond donors (Lipinski definition) is 1. The second kappa shape index (κ2) is 8.62. The van der Waals surface area contributed by atoms with Crippen molar-refractivity contribution < 1.29 is 23.9 Å². The Labute approximate surface area is 158 Å². The van der Waals surface area contributed by atoms with E-state index in [0.717, 1.165) is 10.5 Å². The first kappa shape index (κ1) is 20.4. The van der Waals surface area contributed by atoms with Gasteiger partial charge in [-0.2, -0.15) is 0 Å². The largest absolute Gasteiger partial charge is 0.465 e. The number of anilines is 1. The molecule has 1 saturated heterocycles. The maximum Gasteiger partial charge on any atom is 0.325 e. The lowest BCUT2D eigenvalue weighted by Crippen LogP contribution is -2.33. The topological polar surface area (TPSA) is 92.8 Å². The zero-order valence-electron chi connectivity index (χ0n) is 16.0. The van der Waals surface area contributed by atoms with Crippen LogP contribution in [0, 0.1) is 12.8 Å². The number of esters is 1. The summed E-state index contributed by atoms with van der Waals surface area (Å²) in [6, 6.07) is 7.04. The van der Waals surface area contributed by atoms with Crippen LogP contribution in [-0.4, -0.2) is 36.7 Å². The third-order valence-corrected chi connectivity index (χ3v) is 4.37. The van der Waals surface area contributed by atoms with E-state index in [1.165, 1.54) is 6.92 Å². The van der Waals surface area contributed by atoms with Gasteiger partial charge in [0.25, 0.3) is 0 Å². The van der Waals surface area contributed by atoms with Crippen LogP contribution in [-0.2, 0) is 23.9 Å². The summed E-state index contributed by atoms with van der Waals surface area (Å²) in [4.78, 5) is 50.2. The molecule has 0 saturated carbocycles. The quantitative estimate of drug-likeness (QED) is 0.446. The van der Waals surface area contributed by atoms with Gasteiger partial charge in [-0.05, 0) is 39.8 Å². The maximum absolute atomic E-state index is 12.9. The first-order valence-corrected chi connectivity index (χ1v) is 8.80. The molecule has 0 aromatic heterocycles. The van der Waals surface area contributed by atoms with Crippen LogP contribution in [0.5, 0.6) is 0 Å². The number of nitrogens with one attached hydrogen (secondary N) is 1. The number of amides is 2. The number of ketones is 1. The van der Waals surface area contributed by atoms with Gasteiger partial charge in [-0.15, -0.1) is 0 Å². The number of carbonyl (C=O) groups is 4. The molecule has 1 aromatic rings. The van der Waals surface area contributed by atoms with Crippen LogP contribution in [0.25, 0.3) is 0 Å². The van der Waals surface area contributed by atoms with E-state index < -0.39 is 17.8 Å². The number of carbonyl (C=O) groups excluding carboxylic acids is 4. The molecule has 1 aliphatic rings. The van der Waals surface area contributed by atoms with Crippen molar-refractivity contribution in [3.8, 4) is 0 Å². The standard InChI is InChI=1S/C20H24N2O5/c1-5-27-18(25)11-21-13(3)19(14(4)23)16-10-17(24)22(20(16)26)15-8-6-12(2)7-9-15/h6-9,16,21H,5,10-11H2,1-4H3/b19-13+. The Morgan fingerprint density at radius 3 is 2.37 bits per heavy atom. The van der Waals surface area contributed by atoms with Crippen molar-refractivity contribution >= 4 is 29.3 Å². The summed E-state index contributed by atoms with van der Waals surface area (Å²) in [5.74, 6) is -2.45. The fourth-order valence-electron chi connectivity index (χ4n) is 3.11. The molecule has 1 fully saturated rings. The predicted octanol–water partition coefficient (Wildman–Crippen LogP) is 1.89. The Balaban J connectivity index is 2.27. The molecule has 1 aromatic carbocycles. The summed E-state index contributed by atoms with van der Waals surface area (Å²) < 4.78 is 4.84. The lowest BCUT2D eigenvalue weighted by molar-refractivity contribution is -0.141. The summed E-state index contributed by atoms with van der Waals surface area (Å²) in [7, 11) is 0. The third-order valence-electron chi connectivity index (χ3n) is 4.37. The minimum Gasteiger partial charge on any atom is -0.465 e. The molecule has 27 heavy (non-hydrogen) atoms. The highest BCUT2D eigenvalue weighted by molar-refractivity contribution is 6.23. The Morgan fingerprint density at radius 2 is 1.81 bits per heavy atom. The van der Waals surface area contributed by atoms with Gasteiger partial charge < -0.3 is 10.1 Å². The van der Waals surface area contributed by atoms with Gasteiger partial charge in [0.05, 0.1) is 18.2 Å². The van der Waals surface area contributed by atoms with Crippen molar-refractivity contribution in [1.82, 2.24) is 5.32 Å². The highest BCUT2D eigenvalue weighted by Crippen LogP contribution is 2.32. The Kier molecular flexibility index (Phi) is 6.50. The predicted molar refractivity (Wildman–Crippen MR) is 99.8 cm³/mol. The number of allylic oxidation sites excluding steroid dienone is 1. The number of benzene rings is 1. The zero-order chi connectivity index (χ0) is 20.1. The molecule has 1 N–H and O–H groups in total. The zero-order valence-corrected chi connectivity index (χ0v) is 16.0. The van der Waals surface area contributed by atoms with Gasteiger partial charge in [-0.25, -0.2) is 0 Å². The highest BCUT2D eigenvalue weighted by Gasteiger charge is 2.43. The van der Waals surface area contributed by atoms with Crippen molar-refractivity contribution in [2.45, 2.75) is 34.1 Å². The summed E-state index contributed by atoms with van der Waals surface area (Å²) in [5.41, 5.74) is 2.11. The molecular weight excluding hydrogens is 348 g/mol. The van der Waals surface area contributed by atoms with Crippen LogP contribution in [0.1, 0.15) is 32.8 Å². The first-order valence-electron chi connectivity index (χ1n) is 8.80. The molecule has 7 nitrogen and oxygen atoms in total. The van der Waals surface area contributed by atoms with Crippen LogP contribution in [0.3, 0.4) is 0 Å². The molecule has 0 bridgehead atoms. The highest BCUT2D eigenvalue weighted by atomic mass is 16.5. The number of ether oxygens (including phenoxy) is 1. The van der Waals surface area contributed by atoms with Gasteiger partial charge in [-0.1, -0.05) is 17.7 Å². The number of hydrogen-bond acceptors (Lipinski definition) is 6. The van der Waals surface area contributed by atoms with E-state index in [-0.39, 0.29) is 36.8 Å². The van der Waals surface area contributed by atoms with Crippen LogP contribution in [0.15, 0.2) is 35.5 Å². The molecule has 1 aliphatic heterocycles. The first-order chi connectivity index (χ1) is 12.8. The number of aryl methyl sites for hydroxylation is 1. The van der Waals surface area contributed by atoms with Gasteiger partial charge in [0.15, 0.2) is 5.78 Å². The third kappa shape index (κ3) is 4.61. The number of Topliss-reactive ketones (excluding diaryl/α,β-unsaturated/α-hetero) is 1. The summed E-state index contributed by atoms with van der Waals surface area (Å²) in [5, 5.41) is 2.83. The van der Waals surface area contributed by atoms with Crippen molar-refractivity contribution in [3.05, 3.63) is 41.1 Å². The Bertz CT molecular complexity index is 795. The molecule has 1 unspecified atom stereocenters. The summed E-state index contributed by atoms with van der Waals surface area (Å²) >= 11 is 0. The van der Waals surface area contributed by atoms with Gasteiger partial charge >= 0.3 is 5.97 Å². The van der Waals surface area contributed by atoms with Crippen molar-refractivity contribution in [2.24, 2.45) is 5.92 Å². The lowest BCUT2D eigenvalue weighted by Gasteiger charge is -2.18. The summed E-state index contributed by atoms with van der Waals surface area (Å²) in [6.45, 7) is 6.70. The van der Waals surface area contributed by atoms with Gasteiger partial charge in [0, 0.05) is 17.7 Å². The van der Waals surface area contributed by atoms with E-state index in [1.54, 1.807) is 26.0 Å². The SMILES string of the molecule is CCOC(=O)CN/C(C)=C(\C(C)=O)C1CC(=O)N(c2ccc(C)cc2)C1=O. The van der Waals surface area contributed by atoms with Crippen molar-refractivity contribution in [3.63, 3.8) is 0 Å². The molecule has 7 heteroatoms. The molecule has 1 heterocycles. The van der Waals surface area contributed by atoms with Gasteiger partial charge in [0.1, 0.15) is 6.54 Å². The van der Waals surface area contributed by atoms with Crippen LogP contribution in [0.4, 0.5) is 5.69 Å². The molecule has 0 aliphatic carbocycles. The normalized spacial score (nSPS) is 17.6. The van der Waals surface area contributed by atoms with E-state index in [9.17, 15) is 19.2 Å². The fourth-order valence-corrected chi connectivity index (χ4v) is 3.11. The van der Waals surface area contributed by atoms with Gasteiger partial charge in [0.2, 0.25) is 11.8 Å². The van der Waals surface area contributed by atoms with E-state index in [1.807, 2.05) is 19.1 Å². The van der Waals surface area contributed by atoms with E-state index in [0.29, 0.717) is 11.4 Å². The van der Waals surface area contributed by atoms with Crippen LogP contribution >= 0.6 is 0 Å². The fraction of sp³-hybridized carbons (Fsp3) is 0.400. The summed E-state index contributed by atoms with van der Waals surface area (Å²) in [6.07, 6.45) is -0.0833. The number of nitrogens with zero attached hydrogens (tertiary/aromatic N) is 1. The van der Waals surface area contributed by atoms with Crippen molar-refractivity contribution in [1.29, 1.82) is 0 Å². The monoisotopic (exact) mass is 372 g/mol. The second-order valence-corrected chi connectivity index (χ2v) is 6.41. The molecule has 144 valence electrons. The molecular formula is C20H24N2O5. The minimum absolute atomic E-state index is 0.0833. The smallest absolute Gasteiger partial charge is 0.325 e. The lowest BCUT2D eigenvalue weighted by atomic mass is 9.92. The molecule has 2 amide bonds. The van der Waals surface area contributed by atoms with E-state index >= 15 is 0 Å². The molecule has 1 atom stereocenters. The van der Waals surface area contributed by atoms with Crippen LogP contribution < -0.4 is 10.2 Å². The van der Waals surface area contributed by atoms with Gasteiger partial charge in [-0.3, -0.25) is 24.1 Å². The van der Waals surface area contributed by atoms with Crippen molar-refractivity contribution in [2.75, 3.05) is 18.1 Å². The van der Waals surface area contributed by atoms with E-state index in [2.05, 4.69) is 5.32 Å². The molecule has 0 radical (unpaired) electrons. The molecule has 0 spiro atoms. The molecule has 2 rings (SSSR count). The maximum atomic E-state index is 12.9.